The number of hydrogen-bond donors (Lipinski definition) is 1. The van der Waals surface area contributed by atoms with Crippen LogP contribution in [0.4, 0.5) is 0 Å². The zero-order valence-electron chi connectivity index (χ0n) is 10.2. The van der Waals surface area contributed by atoms with Gasteiger partial charge in [0, 0.05) is 12.6 Å². The van der Waals surface area contributed by atoms with Gasteiger partial charge in [-0.05, 0) is 47.8 Å². The van der Waals surface area contributed by atoms with Crippen molar-refractivity contribution in [3.63, 3.8) is 0 Å². The highest BCUT2D eigenvalue weighted by Crippen LogP contribution is 2.33. The summed E-state index contributed by atoms with van der Waals surface area (Å²) in [6, 6.07) is 2.71. The molecule has 1 aromatic rings. The summed E-state index contributed by atoms with van der Waals surface area (Å²) >= 11 is 4.38. The van der Waals surface area contributed by atoms with Crippen LogP contribution in [-0.2, 0) is 14.8 Å². The van der Waals surface area contributed by atoms with Gasteiger partial charge in [-0.3, -0.25) is 4.79 Å². The summed E-state index contributed by atoms with van der Waals surface area (Å²) in [7, 11) is -3.60. The van der Waals surface area contributed by atoms with E-state index in [2.05, 4.69) is 15.9 Å². The molecule has 0 radical (unpaired) electrons. The van der Waals surface area contributed by atoms with Gasteiger partial charge in [-0.1, -0.05) is 0 Å². The minimum Gasteiger partial charge on any atom is -0.481 e. The van der Waals surface area contributed by atoms with Crippen LogP contribution in [0.3, 0.4) is 0 Å². The number of piperidine rings is 1. The van der Waals surface area contributed by atoms with Crippen molar-refractivity contribution in [3.8, 4) is 0 Å². The van der Waals surface area contributed by atoms with E-state index in [1.165, 1.54) is 4.31 Å². The maximum atomic E-state index is 12.5. The Morgan fingerprint density at radius 2 is 2.21 bits per heavy atom. The van der Waals surface area contributed by atoms with Crippen molar-refractivity contribution in [1.82, 2.24) is 4.31 Å². The predicted molar refractivity (Wildman–Crippen MR) is 75.7 cm³/mol. The molecule has 0 unspecified atom stereocenters. The average molecular weight is 368 g/mol. The van der Waals surface area contributed by atoms with Gasteiger partial charge in [0.2, 0.25) is 0 Å². The van der Waals surface area contributed by atoms with Crippen LogP contribution >= 0.6 is 27.3 Å². The number of sulfonamides is 1. The van der Waals surface area contributed by atoms with Crippen LogP contribution in [0.5, 0.6) is 0 Å². The van der Waals surface area contributed by atoms with Gasteiger partial charge in [0.15, 0.2) is 0 Å². The van der Waals surface area contributed by atoms with E-state index in [9.17, 15) is 13.2 Å². The van der Waals surface area contributed by atoms with Gasteiger partial charge < -0.3 is 5.11 Å². The summed E-state index contributed by atoms with van der Waals surface area (Å²) in [4.78, 5) is 11.2. The highest BCUT2D eigenvalue weighted by atomic mass is 79.9. The number of thiophene rings is 1. The highest BCUT2D eigenvalue weighted by Gasteiger charge is 2.39. The molecule has 19 heavy (non-hydrogen) atoms. The van der Waals surface area contributed by atoms with Crippen molar-refractivity contribution in [3.05, 3.63) is 15.9 Å². The first-order valence-corrected chi connectivity index (χ1v) is 8.89. The molecule has 2 atom stereocenters. The maximum absolute atomic E-state index is 12.5. The van der Waals surface area contributed by atoms with E-state index in [0.717, 1.165) is 15.1 Å². The second-order valence-corrected chi connectivity index (χ2v) is 9.08. The van der Waals surface area contributed by atoms with E-state index in [1.807, 2.05) is 0 Å². The molecule has 5 nitrogen and oxygen atoms in total. The zero-order chi connectivity index (χ0) is 14.2. The number of aliphatic carboxylic acids is 1. The quantitative estimate of drug-likeness (QED) is 0.889. The lowest BCUT2D eigenvalue weighted by molar-refractivity contribution is -0.144. The molecule has 0 spiro atoms. The van der Waals surface area contributed by atoms with E-state index < -0.39 is 28.0 Å². The average Bonchev–Trinajstić information content (AvgIpc) is 2.76. The summed E-state index contributed by atoms with van der Waals surface area (Å²) in [6.07, 6.45) is 1.10. The summed E-state index contributed by atoms with van der Waals surface area (Å²) < 4.78 is 27.3. The van der Waals surface area contributed by atoms with Crippen LogP contribution in [0, 0.1) is 5.92 Å². The molecule has 0 amide bonds. The lowest BCUT2D eigenvalue weighted by Crippen LogP contribution is -2.48. The topological polar surface area (TPSA) is 74.7 Å². The third kappa shape index (κ3) is 2.86. The van der Waals surface area contributed by atoms with E-state index in [0.29, 0.717) is 19.4 Å². The predicted octanol–water partition coefficient (Wildman–Crippen LogP) is 2.38. The SMILES string of the molecule is C[C@@H]1[C@H](C(=O)O)CCCN1S(=O)(=O)c1ccc(Br)s1. The molecule has 1 fully saturated rings. The second-order valence-electron chi connectivity index (χ2n) is 4.50. The molecule has 2 heterocycles. The Morgan fingerprint density at radius 1 is 1.53 bits per heavy atom. The van der Waals surface area contributed by atoms with Gasteiger partial charge >= 0.3 is 5.97 Å². The fourth-order valence-electron chi connectivity index (χ4n) is 2.33. The Bertz CT molecular complexity index is 583. The number of halogens is 1. The molecule has 0 aromatic carbocycles. The van der Waals surface area contributed by atoms with Crippen molar-refractivity contribution in [2.75, 3.05) is 6.54 Å². The van der Waals surface area contributed by atoms with Crippen LogP contribution in [0.25, 0.3) is 0 Å². The van der Waals surface area contributed by atoms with Gasteiger partial charge in [0.25, 0.3) is 10.0 Å². The number of hydrogen-bond acceptors (Lipinski definition) is 4. The highest BCUT2D eigenvalue weighted by molar-refractivity contribution is 9.11. The van der Waals surface area contributed by atoms with E-state index >= 15 is 0 Å². The second kappa shape index (κ2) is 5.51. The van der Waals surface area contributed by atoms with Crippen molar-refractivity contribution >= 4 is 43.3 Å². The monoisotopic (exact) mass is 367 g/mol. The van der Waals surface area contributed by atoms with Crippen LogP contribution in [0.15, 0.2) is 20.1 Å². The minimum absolute atomic E-state index is 0.247. The molecule has 1 aliphatic heterocycles. The summed E-state index contributed by atoms with van der Waals surface area (Å²) in [5, 5.41) is 9.14. The molecule has 1 saturated heterocycles. The molecule has 1 aromatic heterocycles. The van der Waals surface area contributed by atoms with E-state index in [4.69, 9.17) is 5.11 Å². The van der Waals surface area contributed by atoms with Gasteiger partial charge in [-0.25, -0.2) is 8.42 Å². The number of rotatable bonds is 3. The number of carboxylic acids is 1. The standard InChI is InChI=1S/C11H14BrNO4S2/c1-7-8(11(14)15)3-2-6-13(7)19(16,17)10-5-4-9(12)18-10/h4-5,7-8H,2-3,6H2,1H3,(H,14,15)/t7-,8-/m1/s1. The Kier molecular flexibility index (Phi) is 4.34. The zero-order valence-corrected chi connectivity index (χ0v) is 13.5. The van der Waals surface area contributed by atoms with Crippen molar-refractivity contribution < 1.29 is 18.3 Å². The van der Waals surface area contributed by atoms with Crippen LogP contribution in [0.2, 0.25) is 0 Å². The summed E-state index contributed by atoms with van der Waals surface area (Å²) in [6.45, 7) is 2.04. The largest absolute Gasteiger partial charge is 0.481 e. The molecule has 106 valence electrons. The normalized spacial score (nSPS) is 25.4. The molecule has 0 saturated carbocycles. The van der Waals surface area contributed by atoms with Gasteiger partial charge in [0.05, 0.1) is 9.70 Å². The van der Waals surface area contributed by atoms with Crippen LogP contribution < -0.4 is 0 Å². The van der Waals surface area contributed by atoms with Crippen molar-refractivity contribution in [1.29, 1.82) is 0 Å². The Hall–Kier alpha value is -0.440. The van der Waals surface area contributed by atoms with E-state index in [-0.39, 0.29) is 4.21 Å². The molecule has 2 rings (SSSR count). The molecule has 1 N–H and O–H groups in total. The summed E-state index contributed by atoms with van der Waals surface area (Å²) in [5.41, 5.74) is 0. The molecule has 0 bridgehead atoms. The van der Waals surface area contributed by atoms with Crippen LogP contribution in [0.1, 0.15) is 19.8 Å². The number of nitrogens with zero attached hydrogens (tertiary/aromatic N) is 1. The first kappa shape index (κ1) is 15.0. The van der Waals surface area contributed by atoms with Gasteiger partial charge in [-0.15, -0.1) is 11.3 Å². The fourth-order valence-corrected chi connectivity index (χ4v) is 6.18. The Balaban J connectivity index is 2.32. The number of carbonyl (C=O) groups is 1. The third-order valence-electron chi connectivity index (χ3n) is 3.36. The molecule has 8 heteroatoms. The van der Waals surface area contributed by atoms with Crippen molar-refractivity contribution in [2.45, 2.75) is 30.0 Å². The van der Waals surface area contributed by atoms with Gasteiger partial charge in [-0.2, -0.15) is 4.31 Å². The fraction of sp³-hybridized carbons (Fsp3) is 0.545. The van der Waals surface area contributed by atoms with E-state index in [1.54, 1.807) is 19.1 Å². The number of carboxylic acid groups (broad SMARTS) is 1. The van der Waals surface area contributed by atoms with Crippen molar-refractivity contribution in [2.24, 2.45) is 5.92 Å². The van der Waals surface area contributed by atoms with Gasteiger partial charge in [0.1, 0.15) is 4.21 Å². The Labute approximate surface area is 124 Å². The van der Waals surface area contributed by atoms with Crippen LogP contribution in [-0.4, -0.2) is 36.4 Å². The molecule has 1 aliphatic rings. The summed E-state index contributed by atoms with van der Waals surface area (Å²) in [5.74, 6) is -1.56. The Morgan fingerprint density at radius 3 is 2.74 bits per heavy atom. The smallest absolute Gasteiger partial charge is 0.308 e. The lowest BCUT2D eigenvalue weighted by Gasteiger charge is -2.35. The molecular formula is C11H14BrNO4S2. The third-order valence-corrected chi connectivity index (χ3v) is 7.44. The first-order chi connectivity index (χ1) is 8.84. The first-order valence-electron chi connectivity index (χ1n) is 5.84. The minimum atomic E-state index is -3.60. The maximum Gasteiger partial charge on any atom is 0.308 e. The molecular weight excluding hydrogens is 354 g/mol. The lowest BCUT2D eigenvalue weighted by atomic mass is 9.92. The molecule has 0 aliphatic carbocycles.